The Hall–Kier alpha value is -2.77. The van der Waals surface area contributed by atoms with E-state index in [9.17, 15) is 14.0 Å². The zero-order valence-electron chi connectivity index (χ0n) is 14.6. The second-order valence-electron chi connectivity index (χ2n) is 6.26. The number of hydrogen-bond donors (Lipinski definition) is 1. The Kier molecular flexibility index (Phi) is 5.51. The summed E-state index contributed by atoms with van der Waals surface area (Å²) in [7, 11) is 0. The Balaban J connectivity index is 2.47. The Morgan fingerprint density at radius 2 is 1.96 bits per heavy atom. The lowest BCUT2D eigenvalue weighted by molar-refractivity contribution is -0.138. The number of aliphatic carboxylic acids is 1. The van der Waals surface area contributed by atoms with Crippen LogP contribution in [0.2, 0.25) is 0 Å². The molecule has 2 aromatic rings. The summed E-state index contributed by atoms with van der Waals surface area (Å²) in [5, 5.41) is 13.2. The summed E-state index contributed by atoms with van der Waals surface area (Å²) in [5.74, 6) is -1.80. The van der Waals surface area contributed by atoms with E-state index < -0.39 is 24.2 Å². The highest BCUT2D eigenvalue weighted by atomic mass is 19.1. The normalized spacial score (nSPS) is 11.2. The molecule has 0 bridgehead atoms. The average molecular weight is 348 g/mol. The van der Waals surface area contributed by atoms with Gasteiger partial charge >= 0.3 is 5.97 Å². The third-order valence-corrected chi connectivity index (χ3v) is 3.58. The summed E-state index contributed by atoms with van der Waals surface area (Å²) < 4.78 is 14.9. The van der Waals surface area contributed by atoms with Crippen molar-refractivity contribution in [2.45, 2.75) is 39.7 Å². The fourth-order valence-corrected chi connectivity index (χ4v) is 2.35. The number of aromatic nitrogens is 3. The molecule has 0 aliphatic carbocycles. The molecule has 1 N–H and O–H groups in total. The van der Waals surface area contributed by atoms with Crippen molar-refractivity contribution in [2.75, 3.05) is 6.54 Å². The van der Waals surface area contributed by atoms with Gasteiger partial charge in [0, 0.05) is 12.0 Å². The Morgan fingerprint density at radius 3 is 2.48 bits per heavy atom. The van der Waals surface area contributed by atoms with Gasteiger partial charge in [-0.1, -0.05) is 19.9 Å². The summed E-state index contributed by atoms with van der Waals surface area (Å²) in [4.78, 5) is 29.1. The number of carboxylic acids is 1. The van der Waals surface area contributed by atoms with Gasteiger partial charge in [-0.15, -0.1) is 5.10 Å². The first-order chi connectivity index (χ1) is 11.7. The van der Waals surface area contributed by atoms with Gasteiger partial charge in [-0.25, -0.2) is 14.1 Å². The van der Waals surface area contributed by atoms with Gasteiger partial charge in [-0.2, -0.15) is 0 Å². The number of nitrogens with zero attached hydrogens (tertiary/aromatic N) is 4. The zero-order valence-corrected chi connectivity index (χ0v) is 14.6. The van der Waals surface area contributed by atoms with Crippen molar-refractivity contribution in [1.82, 2.24) is 19.7 Å². The van der Waals surface area contributed by atoms with Crippen molar-refractivity contribution >= 4 is 11.9 Å². The van der Waals surface area contributed by atoms with E-state index in [1.54, 1.807) is 26.0 Å². The minimum Gasteiger partial charge on any atom is -0.480 e. The van der Waals surface area contributed by atoms with Crippen LogP contribution in [0.25, 0.3) is 5.69 Å². The molecule has 0 atom stereocenters. The first-order valence-electron chi connectivity index (χ1n) is 7.96. The molecule has 1 aromatic heterocycles. The minimum atomic E-state index is -1.12. The number of benzene rings is 1. The molecule has 134 valence electrons. The highest BCUT2D eigenvalue weighted by Crippen LogP contribution is 2.19. The van der Waals surface area contributed by atoms with Crippen LogP contribution >= 0.6 is 0 Å². The predicted molar refractivity (Wildman–Crippen MR) is 89.2 cm³/mol. The van der Waals surface area contributed by atoms with Crippen molar-refractivity contribution in [1.29, 1.82) is 0 Å². The van der Waals surface area contributed by atoms with E-state index >= 15 is 0 Å². The molecule has 0 aliphatic heterocycles. The van der Waals surface area contributed by atoms with Gasteiger partial charge in [0.05, 0.1) is 5.69 Å². The molecule has 0 unspecified atom stereocenters. The fraction of sp³-hybridized carbons (Fsp3) is 0.412. The summed E-state index contributed by atoms with van der Waals surface area (Å²) in [5.41, 5.74) is 0.449. The van der Waals surface area contributed by atoms with Crippen LogP contribution in [-0.2, 0) is 4.79 Å². The van der Waals surface area contributed by atoms with Crippen molar-refractivity contribution < 1.29 is 19.1 Å². The molecule has 0 saturated heterocycles. The van der Waals surface area contributed by atoms with Crippen LogP contribution in [0, 0.1) is 5.82 Å². The monoisotopic (exact) mass is 348 g/mol. The third-order valence-electron chi connectivity index (χ3n) is 3.58. The Bertz CT molecular complexity index is 786. The van der Waals surface area contributed by atoms with Crippen LogP contribution in [0.15, 0.2) is 24.3 Å². The van der Waals surface area contributed by atoms with Crippen LogP contribution in [0.4, 0.5) is 4.39 Å². The number of carbonyl (C=O) groups is 2. The number of amides is 1. The molecule has 25 heavy (non-hydrogen) atoms. The molecule has 0 fully saturated rings. The maximum atomic E-state index is 13.5. The van der Waals surface area contributed by atoms with Crippen LogP contribution < -0.4 is 0 Å². The van der Waals surface area contributed by atoms with E-state index in [0.717, 1.165) is 0 Å². The standard InChI is InChI=1S/C17H21FN4O3/c1-10(2)16-19-15(17(25)21(11(3)4)9-14(23)24)20-22(16)13-7-5-6-12(18)8-13/h5-8,10-11H,9H2,1-4H3,(H,23,24). The largest absolute Gasteiger partial charge is 0.480 e. The molecular weight excluding hydrogens is 327 g/mol. The van der Waals surface area contributed by atoms with E-state index in [1.807, 2.05) is 13.8 Å². The van der Waals surface area contributed by atoms with Gasteiger partial charge in [0.25, 0.3) is 5.91 Å². The smallest absolute Gasteiger partial charge is 0.323 e. The summed E-state index contributed by atoms with van der Waals surface area (Å²) >= 11 is 0. The molecule has 0 saturated carbocycles. The van der Waals surface area contributed by atoms with Crippen molar-refractivity contribution in [3.05, 3.63) is 41.7 Å². The molecule has 1 heterocycles. The van der Waals surface area contributed by atoms with Gasteiger partial charge in [0.2, 0.25) is 5.82 Å². The highest BCUT2D eigenvalue weighted by molar-refractivity contribution is 5.92. The molecule has 2 rings (SSSR count). The molecule has 0 radical (unpaired) electrons. The number of halogens is 1. The SMILES string of the molecule is CC(C)c1nc(C(=O)N(CC(=O)O)C(C)C)nn1-c1cccc(F)c1. The van der Waals surface area contributed by atoms with Crippen molar-refractivity contribution in [3.8, 4) is 5.69 Å². The Labute approximate surface area is 145 Å². The molecule has 8 heteroatoms. The third kappa shape index (κ3) is 4.20. The molecular formula is C17H21FN4O3. The first-order valence-corrected chi connectivity index (χ1v) is 7.96. The Morgan fingerprint density at radius 1 is 1.28 bits per heavy atom. The topological polar surface area (TPSA) is 88.3 Å². The van der Waals surface area contributed by atoms with E-state index in [1.165, 1.54) is 21.7 Å². The number of rotatable bonds is 6. The van der Waals surface area contributed by atoms with Gasteiger partial charge < -0.3 is 10.0 Å². The number of carbonyl (C=O) groups excluding carboxylic acids is 1. The van der Waals surface area contributed by atoms with E-state index in [-0.39, 0.29) is 17.8 Å². The molecule has 0 spiro atoms. The lowest BCUT2D eigenvalue weighted by Crippen LogP contribution is -2.41. The van der Waals surface area contributed by atoms with E-state index in [0.29, 0.717) is 11.5 Å². The van der Waals surface area contributed by atoms with Gasteiger partial charge in [-0.3, -0.25) is 9.59 Å². The molecule has 1 aromatic carbocycles. The molecule has 1 amide bonds. The summed E-state index contributed by atoms with van der Waals surface area (Å²) in [6, 6.07) is 5.49. The number of carboxylic acid groups (broad SMARTS) is 1. The van der Waals surface area contributed by atoms with Crippen LogP contribution in [0.1, 0.15) is 50.1 Å². The highest BCUT2D eigenvalue weighted by Gasteiger charge is 2.27. The lowest BCUT2D eigenvalue weighted by Gasteiger charge is -2.23. The van der Waals surface area contributed by atoms with Crippen molar-refractivity contribution in [3.63, 3.8) is 0 Å². The van der Waals surface area contributed by atoms with Crippen molar-refractivity contribution in [2.24, 2.45) is 0 Å². The maximum Gasteiger partial charge on any atom is 0.323 e. The maximum absolute atomic E-state index is 13.5. The second-order valence-corrected chi connectivity index (χ2v) is 6.26. The van der Waals surface area contributed by atoms with Crippen LogP contribution in [0.5, 0.6) is 0 Å². The van der Waals surface area contributed by atoms with E-state index in [2.05, 4.69) is 10.1 Å². The fourth-order valence-electron chi connectivity index (χ4n) is 2.35. The van der Waals surface area contributed by atoms with Gasteiger partial charge in [-0.05, 0) is 32.0 Å². The quantitative estimate of drug-likeness (QED) is 0.866. The average Bonchev–Trinajstić information content (AvgIpc) is 2.97. The summed E-state index contributed by atoms with van der Waals surface area (Å²) in [6.07, 6.45) is 0. The predicted octanol–water partition coefficient (Wildman–Crippen LogP) is 2.46. The zero-order chi connectivity index (χ0) is 18.7. The first kappa shape index (κ1) is 18.6. The number of hydrogen-bond acceptors (Lipinski definition) is 4. The molecule has 0 aliphatic rings. The van der Waals surface area contributed by atoms with Crippen LogP contribution in [0.3, 0.4) is 0 Å². The van der Waals surface area contributed by atoms with Gasteiger partial charge in [0.15, 0.2) is 0 Å². The minimum absolute atomic E-state index is 0.0655. The lowest BCUT2D eigenvalue weighted by atomic mass is 10.2. The summed E-state index contributed by atoms with van der Waals surface area (Å²) in [6.45, 7) is 6.75. The van der Waals surface area contributed by atoms with Crippen LogP contribution in [-0.4, -0.2) is 49.2 Å². The van der Waals surface area contributed by atoms with Gasteiger partial charge in [0.1, 0.15) is 18.2 Å². The van der Waals surface area contributed by atoms with E-state index in [4.69, 9.17) is 5.11 Å². The molecule has 7 nitrogen and oxygen atoms in total. The second kappa shape index (κ2) is 7.42.